The van der Waals surface area contributed by atoms with E-state index in [1.54, 1.807) is 0 Å². The van der Waals surface area contributed by atoms with Crippen LogP contribution in [0.25, 0.3) is 0 Å². The van der Waals surface area contributed by atoms with Crippen LogP contribution in [-0.4, -0.2) is 47.7 Å². The third-order valence-electron chi connectivity index (χ3n) is 4.97. The fraction of sp³-hybridized carbons (Fsp3) is 0.667. The summed E-state index contributed by atoms with van der Waals surface area (Å²) in [6.07, 6.45) is 4.99. The maximum Gasteiger partial charge on any atom is 0.260 e. The molecule has 2 aliphatic rings. The van der Waals surface area contributed by atoms with Crippen molar-refractivity contribution in [3.8, 4) is 5.75 Å². The molecule has 0 unspecified atom stereocenters. The molecule has 2 saturated heterocycles. The number of amides is 1. The van der Waals surface area contributed by atoms with Crippen LogP contribution in [0.4, 0.5) is 0 Å². The molecular formula is C18H26N2O3. The van der Waals surface area contributed by atoms with Gasteiger partial charge in [0.05, 0.1) is 11.3 Å². The summed E-state index contributed by atoms with van der Waals surface area (Å²) in [5, 5.41) is 0. The predicted octanol–water partition coefficient (Wildman–Crippen LogP) is 2.50. The van der Waals surface area contributed by atoms with Gasteiger partial charge < -0.3 is 14.4 Å². The Morgan fingerprint density at radius 3 is 2.78 bits per heavy atom. The zero-order chi connectivity index (χ0) is 16.3. The first kappa shape index (κ1) is 16.2. The van der Waals surface area contributed by atoms with Gasteiger partial charge in [0, 0.05) is 25.4 Å². The highest BCUT2D eigenvalue weighted by Crippen LogP contribution is 2.35. The zero-order valence-electron chi connectivity index (χ0n) is 14.1. The summed E-state index contributed by atoms with van der Waals surface area (Å²) >= 11 is 0. The van der Waals surface area contributed by atoms with Crippen LogP contribution in [0, 0.1) is 6.92 Å². The Balaban J connectivity index is 1.52. The van der Waals surface area contributed by atoms with Crippen LogP contribution in [0.5, 0.6) is 5.75 Å². The van der Waals surface area contributed by atoms with Gasteiger partial charge in [-0.05, 0) is 51.2 Å². The number of rotatable bonds is 4. The molecule has 5 nitrogen and oxygen atoms in total. The van der Waals surface area contributed by atoms with Crippen molar-refractivity contribution < 1.29 is 14.3 Å². The van der Waals surface area contributed by atoms with E-state index >= 15 is 0 Å². The molecule has 0 aromatic carbocycles. The van der Waals surface area contributed by atoms with Crippen molar-refractivity contribution in [2.75, 3.05) is 26.3 Å². The molecule has 2 fully saturated rings. The quantitative estimate of drug-likeness (QED) is 0.856. The van der Waals surface area contributed by atoms with Gasteiger partial charge in [-0.15, -0.1) is 0 Å². The molecule has 23 heavy (non-hydrogen) atoms. The Bertz CT molecular complexity index is 557. The largest absolute Gasteiger partial charge is 0.482 e. The molecule has 1 spiro atoms. The van der Waals surface area contributed by atoms with Crippen LogP contribution in [0.3, 0.4) is 0 Å². The number of hydrogen-bond acceptors (Lipinski definition) is 4. The highest BCUT2D eigenvalue weighted by molar-refractivity contribution is 5.78. The topological polar surface area (TPSA) is 51.7 Å². The average molecular weight is 318 g/mol. The third-order valence-corrected chi connectivity index (χ3v) is 4.97. The molecule has 3 rings (SSSR count). The fourth-order valence-corrected chi connectivity index (χ4v) is 3.53. The lowest BCUT2D eigenvalue weighted by atomic mass is 9.89. The molecule has 0 aliphatic carbocycles. The number of hydrogen-bond donors (Lipinski definition) is 0. The molecule has 0 atom stereocenters. The standard InChI is InChI=1S/C18H26N2O3/c1-3-15-16(6-5-14(2)19-15)22-13-17(21)20-10-8-18(9-11-20)7-4-12-23-18/h5-6H,3-4,7-13H2,1-2H3. The number of aromatic nitrogens is 1. The molecule has 0 N–H and O–H groups in total. The van der Waals surface area contributed by atoms with Gasteiger partial charge in [-0.1, -0.05) is 6.92 Å². The van der Waals surface area contributed by atoms with Crippen molar-refractivity contribution in [3.63, 3.8) is 0 Å². The van der Waals surface area contributed by atoms with Gasteiger partial charge in [0.1, 0.15) is 5.75 Å². The van der Waals surface area contributed by atoms with Gasteiger partial charge in [-0.3, -0.25) is 9.78 Å². The second kappa shape index (κ2) is 6.87. The third kappa shape index (κ3) is 3.66. The lowest BCUT2D eigenvalue weighted by Gasteiger charge is -2.38. The Morgan fingerprint density at radius 1 is 1.35 bits per heavy atom. The monoisotopic (exact) mass is 318 g/mol. The zero-order valence-corrected chi connectivity index (χ0v) is 14.1. The first-order chi connectivity index (χ1) is 11.1. The van der Waals surface area contributed by atoms with E-state index < -0.39 is 0 Å². The highest BCUT2D eigenvalue weighted by Gasteiger charge is 2.39. The van der Waals surface area contributed by atoms with Crippen molar-refractivity contribution in [2.45, 2.75) is 51.6 Å². The summed E-state index contributed by atoms with van der Waals surface area (Å²) in [7, 11) is 0. The number of nitrogens with zero attached hydrogens (tertiary/aromatic N) is 2. The number of ether oxygens (including phenoxy) is 2. The van der Waals surface area contributed by atoms with Gasteiger partial charge in [0.25, 0.3) is 5.91 Å². The smallest absolute Gasteiger partial charge is 0.260 e. The summed E-state index contributed by atoms with van der Waals surface area (Å²) in [6.45, 7) is 6.51. The van der Waals surface area contributed by atoms with Crippen molar-refractivity contribution in [2.24, 2.45) is 0 Å². The minimum absolute atomic E-state index is 0.0495. The van der Waals surface area contributed by atoms with E-state index in [4.69, 9.17) is 9.47 Å². The van der Waals surface area contributed by atoms with E-state index in [1.165, 1.54) is 0 Å². The first-order valence-corrected chi connectivity index (χ1v) is 8.63. The second-order valence-corrected chi connectivity index (χ2v) is 6.56. The molecule has 1 amide bonds. The van der Waals surface area contributed by atoms with Crippen LogP contribution in [0.2, 0.25) is 0 Å². The van der Waals surface area contributed by atoms with E-state index in [0.29, 0.717) is 0 Å². The van der Waals surface area contributed by atoms with Crippen molar-refractivity contribution in [3.05, 3.63) is 23.5 Å². The minimum Gasteiger partial charge on any atom is -0.482 e. The number of likely N-dealkylation sites (tertiary alicyclic amines) is 1. The summed E-state index contributed by atoms with van der Waals surface area (Å²) < 4.78 is 11.6. The molecule has 0 bridgehead atoms. The lowest BCUT2D eigenvalue weighted by molar-refractivity contribution is -0.138. The molecule has 1 aromatic rings. The van der Waals surface area contributed by atoms with Crippen molar-refractivity contribution >= 4 is 5.91 Å². The second-order valence-electron chi connectivity index (χ2n) is 6.56. The molecule has 2 aliphatic heterocycles. The Labute approximate surface area is 138 Å². The molecule has 5 heteroatoms. The van der Waals surface area contributed by atoms with Crippen molar-refractivity contribution in [1.82, 2.24) is 9.88 Å². The molecule has 3 heterocycles. The number of carbonyl (C=O) groups excluding carboxylic acids is 1. The maximum atomic E-state index is 12.4. The molecule has 0 radical (unpaired) electrons. The lowest BCUT2D eigenvalue weighted by Crippen LogP contribution is -2.47. The number of aryl methyl sites for hydroxylation is 2. The van der Waals surface area contributed by atoms with E-state index in [2.05, 4.69) is 4.98 Å². The van der Waals surface area contributed by atoms with Crippen LogP contribution < -0.4 is 4.74 Å². The highest BCUT2D eigenvalue weighted by atomic mass is 16.5. The Hall–Kier alpha value is -1.62. The van der Waals surface area contributed by atoms with Gasteiger partial charge in [0.2, 0.25) is 0 Å². The Kier molecular flexibility index (Phi) is 4.85. The minimum atomic E-state index is 0.0495. The molecule has 126 valence electrons. The van der Waals surface area contributed by atoms with Crippen LogP contribution in [0.15, 0.2) is 12.1 Å². The summed E-state index contributed by atoms with van der Waals surface area (Å²) in [4.78, 5) is 18.7. The van der Waals surface area contributed by atoms with Gasteiger partial charge >= 0.3 is 0 Å². The fourth-order valence-electron chi connectivity index (χ4n) is 3.53. The van der Waals surface area contributed by atoms with Gasteiger partial charge in [-0.25, -0.2) is 0 Å². The van der Waals surface area contributed by atoms with Gasteiger partial charge in [-0.2, -0.15) is 0 Å². The van der Waals surface area contributed by atoms with E-state index in [1.807, 2.05) is 30.9 Å². The Morgan fingerprint density at radius 2 is 2.13 bits per heavy atom. The first-order valence-electron chi connectivity index (χ1n) is 8.63. The van der Waals surface area contributed by atoms with E-state index in [-0.39, 0.29) is 18.1 Å². The summed E-state index contributed by atoms with van der Waals surface area (Å²) in [5.41, 5.74) is 1.93. The predicted molar refractivity (Wildman–Crippen MR) is 87.6 cm³/mol. The number of piperidine rings is 1. The number of pyridine rings is 1. The van der Waals surface area contributed by atoms with Crippen molar-refractivity contribution in [1.29, 1.82) is 0 Å². The summed E-state index contributed by atoms with van der Waals surface area (Å²) in [6, 6.07) is 3.83. The normalized spacial score (nSPS) is 20.0. The van der Waals surface area contributed by atoms with Gasteiger partial charge in [0.15, 0.2) is 6.61 Å². The van der Waals surface area contributed by atoms with Crippen LogP contribution in [0.1, 0.15) is 44.0 Å². The molecule has 0 saturated carbocycles. The summed E-state index contributed by atoms with van der Waals surface area (Å²) in [5.74, 6) is 0.777. The van der Waals surface area contributed by atoms with E-state index in [0.717, 1.165) is 68.9 Å². The van der Waals surface area contributed by atoms with E-state index in [9.17, 15) is 4.79 Å². The average Bonchev–Trinajstić information content (AvgIpc) is 3.02. The van der Waals surface area contributed by atoms with Crippen LogP contribution >= 0.6 is 0 Å². The van der Waals surface area contributed by atoms with Crippen LogP contribution in [-0.2, 0) is 16.0 Å². The maximum absolute atomic E-state index is 12.4. The molecule has 1 aromatic heterocycles. The SMILES string of the molecule is CCc1nc(C)ccc1OCC(=O)N1CCC2(CCCO2)CC1. The number of carbonyl (C=O) groups is 1. The molecular weight excluding hydrogens is 292 g/mol.